The van der Waals surface area contributed by atoms with E-state index in [9.17, 15) is 9.59 Å². The number of benzene rings is 2. The average Bonchev–Trinajstić information content (AvgIpc) is 2.74. The fourth-order valence-electron chi connectivity index (χ4n) is 2.35. The van der Waals surface area contributed by atoms with Crippen molar-refractivity contribution in [3.05, 3.63) is 90.3 Å². The van der Waals surface area contributed by atoms with Crippen molar-refractivity contribution < 1.29 is 9.59 Å². The van der Waals surface area contributed by atoms with Gasteiger partial charge in [0.25, 0.3) is 11.8 Å². The van der Waals surface area contributed by atoms with E-state index in [-0.39, 0.29) is 18.4 Å². The predicted octanol–water partition coefficient (Wildman–Crippen LogP) is 2.90. The number of hydrogen-bond donors (Lipinski definition) is 3. The Bertz CT molecular complexity index is 959. The van der Waals surface area contributed by atoms with Gasteiger partial charge in [-0.3, -0.25) is 14.6 Å². The molecule has 0 atom stereocenters. The van der Waals surface area contributed by atoms with Crippen molar-refractivity contribution >= 4 is 29.4 Å². The molecule has 3 rings (SSSR count). The van der Waals surface area contributed by atoms with Gasteiger partial charge in [0.15, 0.2) is 0 Å². The van der Waals surface area contributed by atoms with Gasteiger partial charge in [-0.05, 0) is 48.0 Å². The molecule has 0 aliphatic rings. The predicted molar refractivity (Wildman–Crippen MR) is 109 cm³/mol. The third kappa shape index (κ3) is 5.77. The monoisotopic (exact) mass is 373 g/mol. The summed E-state index contributed by atoms with van der Waals surface area (Å²) in [6.45, 7) is 0.0252. The molecule has 3 aromatic rings. The smallest absolute Gasteiger partial charge is 0.259 e. The van der Waals surface area contributed by atoms with Crippen molar-refractivity contribution in [3.8, 4) is 0 Å². The first-order valence-corrected chi connectivity index (χ1v) is 8.63. The largest absolute Gasteiger partial charge is 0.376 e. The molecule has 0 aliphatic carbocycles. The van der Waals surface area contributed by atoms with E-state index in [1.807, 2.05) is 30.3 Å². The van der Waals surface area contributed by atoms with Crippen LogP contribution in [0.1, 0.15) is 15.9 Å². The lowest BCUT2D eigenvalue weighted by Gasteiger charge is -2.08. The average molecular weight is 373 g/mol. The third-order valence-electron chi connectivity index (χ3n) is 3.72. The zero-order valence-corrected chi connectivity index (χ0v) is 15.0. The third-order valence-corrected chi connectivity index (χ3v) is 3.72. The molecule has 0 saturated carbocycles. The highest BCUT2D eigenvalue weighted by molar-refractivity contribution is 6.04. The standard InChI is InChI=1S/C21H19N5O2/c27-20(26-24-14-16-9-11-22-12-10-16)15-23-19-8-4-5-17(13-19)21(28)25-18-6-2-1-3-7-18/h1-14,23H,15H2,(H,25,28)(H,26,27). The molecule has 7 heteroatoms. The SMILES string of the molecule is O=C(CNc1cccc(C(=O)Nc2ccccc2)c1)NN=Cc1ccncc1. The number of pyridine rings is 1. The Kier molecular flexibility index (Phi) is 6.46. The fraction of sp³-hybridized carbons (Fsp3) is 0.0476. The van der Waals surface area contributed by atoms with E-state index in [0.717, 1.165) is 11.3 Å². The molecule has 7 nitrogen and oxygen atoms in total. The first kappa shape index (κ1) is 18.8. The topological polar surface area (TPSA) is 95.5 Å². The Morgan fingerprint density at radius 1 is 0.929 bits per heavy atom. The lowest BCUT2D eigenvalue weighted by atomic mass is 10.2. The van der Waals surface area contributed by atoms with Gasteiger partial charge in [-0.25, -0.2) is 5.43 Å². The summed E-state index contributed by atoms with van der Waals surface area (Å²) in [5.41, 5.74) is 5.14. The fourth-order valence-corrected chi connectivity index (χ4v) is 2.35. The van der Waals surface area contributed by atoms with Crippen LogP contribution in [0.5, 0.6) is 0 Å². The number of anilines is 2. The molecule has 0 unspecified atom stereocenters. The summed E-state index contributed by atoms with van der Waals surface area (Å²) in [7, 11) is 0. The van der Waals surface area contributed by atoms with Gasteiger partial charge in [-0.15, -0.1) is 0 Å². The van der Waals surface area contributed by atoms with E-state index in [4.69, 9.17) is 0 Å². The molecular formula is C21H19N5O2. The quantitative estimate of drug-likeness (QED) is 0.438. The summed E-state index contributed by atoms with van der Waals surface area (Å²) in [4.78, 5) is 28.1. The van der Waals surface area contributed by atoms with Gasteiger partial charge in [0.1, 0.15) is 0 Å². The second-order valence-corrected chi connectivity index (χ2v) is 5.83. The van der Waals surface area contributed by atoms with E-state index in [1.54, 1.807) is 48.8 Å². The van der Waals surface area contributed by atoms with Gasteiger partial charge >= 0.3 is 0 Å². The summed E-state index contributed by atoms with van der Waals surface area (Å²) in [5.74, 6) is -0.523. The van der Waals surface area contributed by atoms with E-state index in [0.29, 0.717) is 11.3 Å². The number of hydrogen-bond acceptors (Lipinski definition) is 5. The molecule has 1 heterocycles. The second-order valence-electron chi connectivity index (χ2n) is 5.83. The molecular weight excluding hydrogens is 354 g/mol. The van der Waals surface area contributed by atoms with Gasteiger partial charge in [0.05, 0.1) is 12.8 Å². The molecule has 28 heavy (non-hydrogen) atoms. The highest BCUT2D eigenvalue weighted by atomic mass is 16.2. The number of para-hydroxylation sites is 1. The summed E-state index contributed by atoms with van der Waals surface area (Å²) in [6, 6.07) is 19.7. The number of amides is 2. The van der Waals surface area contributed by atoms with Crippen LogP contribution in [0.2, 0.25) is 0 Å². The van der Waals surface area contributed by atoms with Crippen LogP contribution in [0.25, 0.3) is 0 Å². The molecule has 2 amide bonds. The van der Waals surface area contributed by atoms with Crippen molar-refractivity contribution in [1.29, 1.82) is 0 Å². The molecule has 140 valence electrons. The number of carbonyl (C=O) groups excluding carboxylic acids is 2. The van der Waals surface area contributed by atoms with Crippen LogP contribution in [0.4, 0.5) is 11.4 Å². The Morgan fingerprint density at radius 3 is 2.46 bits per heavy atom. The Hall–Kier alpha value is -4.00. The number of nitrogens with zero attached hydrogens (tertiary/aromatic N) is 2. The molecule has 3 N–H and O–H groups in total. The molecule has 0 fully saturated rings. The highest BCUT2D eigenvalue weighted by Gasteiger charge is 2.07. The maximum Gasteiger partial charge on any atom is 0.259 e. The van der Waals surface area contributed by atoms with Crippen LogP contribution < -0.4 is 16.1 Å². The van der Waals surface area contributed by atoms with Crippen LogP contribution in [0.15, 0.2) is 84.2 Å². The molecule has 1 aromatic heterocycles. The number of carbonyl (C=O) groups is 2. The molecule has 2 aromatic carbocycles. The molecule has 0 aliphatic heterocycles. The van der Waals surface area contributed by atoms with Crippen LogP contribution in [-0.2, 0) is 4.79 Å². The van der Waals surface area contributed by atoms with Crippen LogP contribution in [0, 0.1) is 0 Å². The van der Waals surface area contributed by atoms with Gasteiger partial charge in [0, 0.05) is 29.3 Å². The Morgan fingerprint density at radius 2 is 1.68 bits per heavy atom. The van der Waals surface area contributed by atoms with Crippen LogP contribution in [-0.4, -0.2) is 29.6 Å². The number of aromatic nitrogens is 1. The lowest BCUT2D eigenvalue weighted by Crippen LogP contribution is -2.26. The summed E-state index contributed by atoms with van der Waals surface area (Å²) in [5, 5.41) is 9.69. The van der Waals surface area contributed by atoms with Gasteiger partial charge < -0.3 is 10.6 Å². The second kappa shape index (κ2) is 9.63. The Labute approximate surface area is 162 Å². The number of rotatable bonds is 7. The maximum absolute atomic E-state index is 12.3. The van der Waals surface area contributed by atoms with E-state index in [1.165, 1.54) is 6.21 Å². The van der Waals surface area contributed by atoms with Crippen molar-refractivity contribution in [3.63, 3.8) is 0 Å². The van der Waals surface area contributed by atoms with Gasteiger partial charge in [-0.2, -0.15) is 5.10 Å². The minimum absolute atomic E-state index is 0.0252. The van der Waals surface area contributed by atoms with E-state index in [2.05, 4.69) is 26.1 Å². The highest BCUT2D eigenvalue weighted by Crippen LogP contribution is 2.13. The first-order valence-electron chi connectivity index (χ1n) is 8.63. The Balaban J connectivity index is 1.50. The van der Waals surface area contributed by atoms with Crippen molar-refractivity contribution in [2.24, 2.45) is 5.10 Å². The van der Waals surface area contributed by atoms with Crippen molar-refractivity contribution in [2.75, 3.05) is 17.2 Å². The number of nitrogens with one attached hydrogen (secondary N) is 3. The summed E-state index contributed by atoms with van der Waals surface area (Å²) >= 11 is 0. The van der Waals surface area contributed by atoms with Crippen LogP contribution in [0.3, 0.4) is 0 Å². The molecule has 0 saturated heterocycles. The van der Waals surface area contributed by atoms with Crippen molar-refractivity contribution in [1.82, 2.24) is 10.4 Å². The first-order chi connectivity index (χ1) is 13.7. The van der Waals surface area contributed by atoms with Gasteiger partial charge in [0.2, 0.25) is 0 Å². The summed E-state index contributed by atoms with van der Waals surface area (Å²) < 4.78 is 0. The minimum Gasteiger partial charge on any atom is -0.376 e. The van der Waals surface area contributed by atoms with E-state index < -0.39 is 0 Å². The van der Waals surface area contributed by atoms with Gasteiger partial charge in [-0.1, -0.05) is 24.3 Å². The zero-order valence-electron chi connectivity index (χ0n) is 15.0. The van der Waals surface area contributed by atoms with E-state index >= 15 is 0 Å². The minimum atomic E-state index is -0.301. The summed E-state index contributed by atoms with van der Waals surface area (Å²) in [6.07, 6.45) is 4.82. The van der Waals surface area contributed by atoms with Crippen molar-refractivity contribution in [2.45, 2.75) is 0 Å². The maximum atomic E-state index is 12.3. The zero-order chi connectivity index (χ0) is 19.6. The molecule has 0 spiro atoms. The number of hydrazone groups is 1. The molecule has 0 bridgehead atoms. The normalized spacial score (nSPS) is 10.4. The molecule has 0 radical (unpaired) electrons. The van der Waals surface area contributed by atoms with Crippen LogP contribution >= 0.6 is 0 Å². The lowest BCUT2D eigenvalue weighted by molar-refractivity contribution is -0.119.